The predicted octanol–water partition coefficient (Wildman–Crippen LogP) is 2.56. The molecule has 30 heavy (non-hydrogen) atoms. The molecular weight excluding hydrogens is 416 g/mol. The topological polar surface area (TPSA) is 142 Å². The van der Waals surface area contributed by atoms with Crippen LogP contribution in [0.2, 0.25) is 0 Å². The van der Waals surface area contributed by atoms with Gasteiger partial charge in [-0.15, -0.1) is 0 Å². The van der Waals surface area contributed by atoms with Gasteiger partial charge < -0.3 is 14.8 Å². The highest BCUT2D eigenvalue weighted by Gasteiger charge is 2.39. The lowest BCUT2D eigenvalue weighted by Gasteiger charge is -2.29. The number of anilines is 1. The Kier molecular flexibility index (Phi) is 5.31. The number of hydrogen-bond acceptors (Lipinski definition) is 9. The van der Waals surface area contributed by atoms with E-state index in [9.17, 15) is 28.1 Å². The fraction of sp³-hybridized carbons (Fsp3) is 0.158. The molecule has 1 aliphatic heterocycles. The SMILES string of the molecule is CC1(C)OC(=O)C(=CNc2ccc(S(=O)(=O)c3ccccc3)c([N+](=O)[O-])c2)C(=O)O1. The van der Waals surface area contributed by atoms with Crippen LogP contribution in [0.4, 0.5) is 11.4 Å². The molecule has 0 bridgehead atoms. The Balaban J connectivity index is 1.94. The van der Waals surface area contributed by atoms with Crippen molar-refractivity contribution < 1.29 is 32.4 Å². The van der Waals surface area contributed by atoms with E-state index in [1.54, 1.807) is 6.07 Å². The molecule has 2 aromatic rings. The van der Waals surface area contributed by atoms with Crippen molar-refractivity contribution in [3.05, 3.63) is 70.4 Å². The van der Waals surface area contributed by atoms with Crippen molar-refractivity contribution in [2.75, 3.05) is 5.32 Å². The van der Waals surface area contributed by atoms with Gasteiger partial charge in [0.15, 0.2) is 5.57 Å². The van der Waals surface area contributed by atoms with Gasteiger partial charge in [0.1, 0.15) is 4.90 Å². The number of carbonyl (C=O) groups excluding carboxylic acids is 2. The number of esters is 2. The van der Waals surface area contributed by atoms with Crippen LogP contribution in [0.1, 0.15) is 13.8 Å². The molecule has 1 fully saturated rings. The Morgan fingerprint density at radius 2 is 1.63 bits per heavy atom. The van der Waals surface area contributed by atoms with Crippen molar-refractivity contribution in [3.8, 4) is 0 Å². The van der Waals surface area contributed by atoms with Crippen molar-refractivity contribution in [2.24, 2.45) is 0 Å². The number of hydrogen-bond donors (Lipinski definition) is 1. The summed E-state index contributed by atoms with van der Waals surface area (Å²) in [6.07, 6.45) is 0.977. The first-order valence-corrected chi connectivity index (χ1v) is 10.0. The molecule has 1 saturated heterocycles. The monoisotopic (exact) mass is 432 g/mol. The summed E-state index contributed by atoms with van der Waals surface area (Å²) in [5.74, 6) is -3.26. The Hall–Kier alpha value is -3.73. The predicted molar refractivity (Wildman–Crippen MR) is 103 cm³/mol. The number of rotatable bonds is 5. The maximum absolute atomic E-state index is 12.8. The largest absolute Gasteiger partial charge is 0.419 e. The molecule has 0 amide bonds. The van der Waals surface area contributed by atoms with E-state index in [0.717, 1.165) is 18.3 Å². The summed E-state index contributed by atoms with van der Waals surface area (Å²) in [4.78, 5) is 33.9. The van der Waals surface area contributed by atoms with Crippen LogP contribution in [-0.2, 0) is 28.9 Å². The molecule has 1 aliphatic rings. The van der Waals surface area contributed by atoms with Crippen LogP contribution >= 0.6 is 0 Å². The summed E-state index contributed by atoms with van der Waals surface area (Å²) in [5, 5.41) is 14.0. The first kappa shape index (κ1) is 21.0. The van der Waals surface area contributed by atoms with Crippen LogP contribution in [0.5, 0.6) is 0 Å². The summed E-state index contributed by atoms with van der Waals surface area (Å²) in [6.45, 7) is 2.78. The Morgan fingerprint density at radius 1 is 1.03 bits per heavy atom. The van der Waals surface area contributed by atoms with Gasteiger partial charge in [-0.05, 0) is 24.3 Å². The molecule has 1 heterocycles. The zero-order valence-corrected chi connectivity index (χ0v) is 16.6. The van der Waals surface area contributed by atoms with E-state index in [1.807, 2.05) is 0 Å². The smallest absolute Gasteiger partial charge is 0.350 e. The van der Waals surface area contributed by atoms with Gasteiger partial charge in [0.2, 0.25) is 9.84 Å². The summed E-state index contributed by atoms with van der Waals surface area (Å²) in [6, 6.07) is 10.6. The van der Waals surface area contributed by atoms with Gasteiger partial charge in [0.05, 0.1) is 9.82 Å². The molecule has 0 aromatic heterocycles. The third kappa shape index (κ3) is 4.15. The van der Waals surface area contributed by atoms with E-state index in [1.165, 1.54) is 44.2 Å². The molecule has 3 rings (SSSR count). The number of cyclic esters (lactones) is 2. The van der Waals surface area contributed by atoms with Gasteiger partial charge in [-0.2, -0.15) is 0 Å². The van der Waals surface area contributed by atoms with Gasteiger partial charge >= 0.3 is 11.9 Å². The number of ether oxygens (including phenoxy) is 2. The standard InChI is InChI=1S/C19H16N2O8S/c1-19(2)28-17(22)14(18(23)29-19)11-20-12-8-9-16(15(10-12)21(24)25)30(26,27)13-6-4-3-5-7-13/h3-11,20H,1-2H3. The van der Waals surface area contributed by atoms with E-state index in [4.69, 9.17) is 9.47 Å². The van der Waals surface area contributed by atoms with Crippen LogP contribution in [-0.4, -0.2) is 31.1 Å². The molecule has 0 spiro atoms. The highest BCUT2D eigenvalue weighted by molar-refractivity contribution is 7.91. The molecule has 0 saturated carbocycles. The van der Waals surface area contributed by atoms with Crippen LogP contribution in [0, 0.1) is 10.1 Å². The van der Waals surface area contributed by atoms with Gasteiger partial charge in [-0.3, -0.25) is 10.1 Å². The number of nitro benzene ring substituents is 1. The average molecular weight is 432 g/mol. The average Bonchev–Trinajstić information content (AvgIpc) is 2.66. The number of nitro groups is 1. The Labute approximate surface area is 171 Å². The van der Waals surface area contributed by atoms with Crippen LogP contribution in [0.15, 0.2) is 70.1 Å². The van der Waals surface area contributed by atoms with Crippen LogP contribution < -0.4 is 5.32 Å². The zero-order chi connectivity index (χ0) is 22.1. The fourth-order valence-corrected chi connectivity index (χ4v) is 4.06. The maximum Gasteiger partial charge on any atom is 0.350 e. The lowest BCUT2D eigenvalue weighted by Crippen LogP contribution is -2.42. The second-order valence-corrected chi connectivity index (χ2v) is 8.56. The van der Waals surface area contributed by atoms with Crippen molar-refractivity contribution in [3.63, 3.8) is 0 Å². The quantitative estimate of drug-likeness (QED) is 0.248. The Bertz CT molecular complexity index is 1150. The van der Waals surface area contributed by atoms with Crippen LogP contribution in [0.25, 0.3) is 0 Å². The van der Waals surface area contributed by atoms with E-state index >= 15 is 0 Å². The van der Waals surface area contributed by atoms with E-state index in [-0.39, 0.29) is 10.6 Å². The number of benzene rings is 2. The van der Waals surface area contributed by atoms with Crippen molar-refractivity contribution in [1.29, 1.82) is 0 Å². The molecule has 2 aromatic carbocycles. The maximum atomic E-state index is 12.8. The van der Waals surface area contributed by atoms with E-state index < -0.39 is 48.6 Å². The molecule has 1 N–H and O–H groups in total. The summed E-state index contributed by atoms with van der Waals surface area (Å²) >= 11 is 0. The van der Waals surface area contributed by atoms with Gasteiger partial charge in [0, 0.05) is 31.8 Å². The molecule has 156 valence electrons. The number of nitrogens with zero attached hydrogens (tertiary/aromatic N) is 1. The van der Waals surface area contributed by atoms with E-state index in [0.29, 0.717) is 0 Å². The molecule has 11 heteroatoms. The van der Waals surface area contributed by atoms with E-state index in [2.05, 4.69) is 5.32 Å². The number of sulfone groups is 1. The Morgan fingerprint density at radius 3 is 2.20 bits per heavy atom. The van der Waals surface area contributed by atoms with Crippen molar-refractivity contribution >= 4 is 33.2 Å². The summed E-state index contributed by atoms with van der Waals surface area (Å²) < 4.78 is 35.4. The lowest BCUT2D eigenvalue weighted by atomic mass is 10.2. The second kappa shape index (κ2) is 7.59. The lowest BCUT2D eigenvalue weighted by molar-refractivity contribution is -0.387. The number of nitrogens with one attached hydrogen (secondary N) is 1. The van der Waals surface area contributed by atoms with Crippen LogP contribution in [0.3, 0.4) is 0 Å². The summed E-state index contributed by atoms with van der Waals surface area (Å²) in [5.41, 5.74) is -1.04. The first-order chi connectivity index (χ1) is 14.0. The second-order valence-electron chi connectivity index (χ2n) is 6.64. The minimum atomic E-state index is -4.13. The van der Waals surface area contributed by atoms with Gasteiger partial charge in [0.25, 0.3) is 11.5 Å². The molecule has 0 unspecified atom stereocenters. The van der Waals surface area contributed by atoms with Crippen molar-refractivity contribution in [2.45, 2.75) is 29.4 Å². The molecule has 0 radical (unpaired) electrons. The van der Waals surface area contributed by atoms with Gasteiger partial charge in [-0.1, -0.05) is 18.2 Å². The third-order valence-corrected chi connectivity index (χ3v) is 5.82. The third-order valence-electron chi connectivity index (χ3n) is 4.00. The molecule has 0 atom stereocenters. The molecule has 10 nitrogen and oxygen atoms in total. The summed E-state index contributed by atoms with van der Waals surface area (Å²) in [7, 11) is -4.13. The first-order valence-electron chi connectivity index (χ1n) is 8.53. The van der Waals surface area contributed by atoms with Gasteiger partial charge in [-0.25, -0.2) is 18.0 Å². The molecular formula is C19H16N2O8S. The minimum Gasteiger partial charge on any atom is -0.419 e. The normalized spacial score (nSPS) is 15.7. The minimum absolute atomic E-state index is 0.0756. The zero-order valence-electron chi connectivity index (χ0n) is 15.8. The fourth-order valence-electron chi connectivity index (χ4n) is 2.64. The highest BCUT2D eigenvalue weighted by Crippen LogP contribution is 2.32. The molecule has 0 aliphatic carbocycles. The van der Waals surface area contributed by atoms with Crippen molar-refractivity contribution in [1.82, 2.24) is 0 Å². The number of carbonyl (C=O) groups is 2. The highest BCUT2D eigenvalue weighted by atomic mass is 32.2.